The van der Waals surface area contributed by atoms with Crippen LogP contribution in [-0.4, -0.2) is 39.6 Å². The van der Waals surface area contributed by atoms with Crippen LogP contribution in [0.4, 0.5) is 0 Å². The van der Waals surface area contributed by atoms with Gasteiger partial charge in [0.1, 0.15) is 0 Å². The third kappa shape index (κ3) is 2.66. The fourth-order valence-electron chi connectivity index (χ4n) is 4.65. The minimum absolute atomic E-state index is 0.533. The van der Waals surface area contributed by atoms with Crippen LogP contribution in [0, 0.1) is 5.92 Å². The Balaban J connectivity index is 2.01. The topological polar surface area (TPSA) is 21.7 Å². The highest BCUT2D eigenvalue weighted by molar-refractivity contribution is 6.78. The second-order valence-electron chi connectivity index (χ2n) is 6.80. The van der Waals surface area contributed by atoms with Crippen LogP contribution in [0.1, 0.15) is 45.4 Å². The Hall–Kier alpha value is -0.683. The molecule has 3 unspecified atom stereocenters. The lowest BCUT2D eigenvalue weighted by Gasteiger charge is -2.53. The van der Waals surface area contributed by atoms with Crippen molar-refractivity contribution >= 4 is 13.9 Å². The van der Waals surface area contributed by atoms with Gasteiger partial charge in [0.2, 0.25) is 0 Å². The largest absolute Gasteiger partial charge is 0.463 e. The summed E-state index contributed by atoms with van der Waals surface area (Å²) in [5.41, 5.74) is 0. The predicted molar refractivity (Wildman–Crippen MR) is 92.1 cm³/mol. The number of nitrogens with zero attached hydrogens (tertiary/aromatic N) is 1. The molecule has 0 radical (unpaired) electrons. The Labute approximate surface area is 135 Å². The molecule has 22 heavy (non-hydrogen) atoms. The molecular formula is C18H29NO2Si. The summed E-state index contributed by atoms with van der Waals surface area (Å²) in [6.45, 7) is 2.35. The van der Waals surface area contributed by atoms with Crippen LogP contribution >= 0.6 is 0 Å². The average molecular weight is 320 g/mol. The van der Waals surface area contributed by atoms with E-state index in [0.29, 0.717) is 12.1 Å². The summed E-state index contributed by atoms with van der Waals surface area (Å²) in [5.74, 6) is 0.825. The van der Waals surface area contributed by atoms with E-state index in [1.54, 1.807) is 0 Å². The molecular weight excluding hydrogens is 290 g/mol. The lowest BCUT2D eigenvalue weighted by atomic mass is 9.78. The van der Waals surface area contributed by atoms with Gasteiger partial charge in [0.15, 0.2) is 0 Å². The zero-order valence-corrected chi connectivity index (χ0v) is 15.1. The first-order chi connectivity index (χ1) is 10.7. The van der Waals surface area contributed by atoms with E-state index in [2.05, 4.69) is 41.8 Å². The van der Waals surface area contributed by atoms with Gasteiger partial charge in [-0.05, 0) is 38.5 Å². The van der Waals surface area contributed by atoms with Gasteiger partial charge in [0.05, 0.1) is 0 Å². The van der Waals surface area contributed by atoms with Gasteiger partial charge in [-0.15, -0.1) is 0 Å². The number of fused-ring (bicyclic) bond motifs is 1. The van der Waals surface area contributed by atoms with Crippen molar-refractivity contribution in [3.8, 4) is 0 Å². The van der Waals surface area contributed by atoms with Crippen molar-refractivity contribution in [3.63, 3.8) is 0 Å². The lowest BCUT2D eigenvalue weighted by molar-refractivity contribution is 0.0362. The molecule has 3 rings (SSSR count). The fraction of sp³-hybridized carbons (Fsp3) is 0.667. The summed E-state index contributed by atoms with van der Waals surface area (Å²) in [6, 6.07) is 11.8. The number of benzene rings is 1. The smallest absolute Gasteiger partial charge is 0.383 e. The molecule has 1 saturated heterocycles. The Morgan fingerprint density at radius 3 is 2.32 bits per heavy atom. The summed E-state index contributed by atoms with van der Waals surface area (Å²) < 4.78 is 15.0. The quantitative estimate of drug-likeness (QED) is 0.796. The number of hydrogen-bond donors (Lipinski definition) is 0. The van der Waals surface area contributed by atoms with Crippen molar-refractivity contribution in [2.45, 2.75) is 57.5 Å². The van der Waals surface area contributed by atoms with Crippen molar-refractivity contribution in [1.29, 1.82) is 0 Å². The second kappa shape index (κ2) is 6.83. The first kappa shape index (κ1) is 16.2. The van der Waals surface area contributed by atoms with Crippen molar-refractivity contribution in [2.75, 3.05) is 14.2 Å². The van der Waals surface area contributed by atoms with E-state index in [1.807, 2.05) is 14.2 Å². The Bertz CT molecular complexity index is 477. The highest BCUT2D eigenvalue weighted by Crippen LogP contribution is 2.40. The molecule has 2 aliphatic rings. The number of piperidine rings is 1. The molecule has 1 aromatic rings. The highest BCUT2D eigenvalue weighted by Gasteiger charge is 2.54. The van der Waals surface area contributed by atoms with Gasteiger partial charge < -0.3 is 8.85 Å². The van der Waals surface area contributed by atoms with E-state index < -0.39 is 8.72 Å². The van der Waals surface area contributed by atoms with E-state index >= 15 is 0 Å². The first-order valence-corrected chi connectivity index (χ1v) is 10.4. The molecule has 4 heteroatoms. The molecule has 1 aliphatic heterocycles. The minimum atomic E-state index is -2.56. The van der Waals surface area contributed by atoms with Gasteiger partial charge in [-0.1, -0.05) is 43.2 Å². The van der Waals surface area contributed by atoms with Gasteiger partial charge >= 0.3 is 8.72 Å². The van der Waals surface area contributed by atoms with Gasteiger partial charge in [0, 0.05) is 31.5 Å². The first-order valence-electron chi connectivity index (χ1n) is 8.67. The maximum Gasteiger partial charge on any atom is 0.463 e. The molecule has 3 atom stereocenters. The molecule has 0 N–H and O–H groups in total. The summed E-state index contributed by atoms with van der Waals surface area (Å²) in [4.78, 5) is 0. The van der Waals surface area contributed by atoms with Gasteiger partial charge in [-0.3, -0.25) is 4.57 Å². The third-order valence-corrected chi connectivity index (χ3v) is 9.31. The minimum Gasteiger partial charge on any atom is -0.383 e. The maximum absolute atomic E-state index is 6.17. The fourth-order valence-corrected chi connectivity index (χ4v) is 8.11. The average Bonchev–Trinajstić information content (AvgIpc) is 2.59. The molecule has 1 aliphatic carbocycles. The summed E-state index contributed by atoms with van der Waals surface area (Å²) in [7, 11) is 1.11. The van der Waals surface area contributed by atoms with E-state index in [9.17, 15) is 0 Å². The Kier molecular flexibility index (Phi) is 5.02. The molecule has 0 aromatic heterocycles. The van der Waals surface area contributed by atoms with Crippen molar-refractivity contribution in [3.05, 3.63) is 30.3 Å². The van der Waals surface area contributed by atoms with Gasteiger partial charge in [-0.2, -0.15) is 0 Å². The molecule has 0 bridgehead atoms. The lowest BCUT2D eigenvalue weighted by Crippen LogP contribution is -2.73. The summed E-state index contributed by atoms with van der Waals surface area (Å²) in [5, 5.41) is 1.23. The van der Waals surface area contributed by atoms with E-state index in [-0.39, 0.29) is 0 Å². The van der Waals surface area contributed by atoms with Crippen molar-refractivity contribution in [2.24, 2.45) is 5.92 Å². The zero-order chi connectivity index (χ0) is 15.6. The van der Waals surface area contributed by atoms with Crippen molar-refractivity contribution < 1.29 is 8.85 Å². The molecule has 1 heterocycles. The molecule has 2 fully saturated rings. The number of rotatable bonds is 4. The van der Waals surface area contributed by atoms with Crippen LogP contribution in [0.15, 0.2) is 30.3 Å². The molecule has 1 aromatic carbocycles. The molecule has 122 valence electrons. The molecule has 0 amide bonds. The highest BCUT2D eigenvalue weighted by atomic mass is 28.4. The monoisotopic (exact) mass is 319 g/mol. The van der Waals surface area contributed by atoms with Crippen LogP contribution in [0.2, 0.25) is 0 Å². The Morgan fingerprint density at radius 2 is 1.64 bits per heavy atom. The van der Waals surface area contributed by atoms with Crippen molar-refractivity contribution in [1.82, 2.24) is 4.57 Å². The predicted octanol–water partition coefficient (Wildman–Crippen LogP) is 3.17. The van der Waals surface area contributed by atoms with Crippen LogP contribution in [0.3, 0.4) is 0 Å². The van der Waals surface area contributed by atoms with Crippen LogP contribution in [0.25, 0.3) is 0 Å². The van der Waals surface area contributed by atoms with Crippen LogP contribution < -0.4 is 5.19 Å². The standard InChI is InChI=1S/C18H29NO2Si/c1-15-13-14-16-9-7-8-12-18(16)19(15)22(20-2,21-3)17-10-5-4-6-11-17/h4-6,10-11,15-16,18H,7-9,12-14H2,1-3H3. The summed E-state index contributed by atoms with van der Waals surface area (Å²) >= 11 is 0. The maximum atomic E-state index is 6.17. The summed E-state index contributed by atoms with van der Waals surface area (Å²) in [6.07, 6.45) is 8.04. The second-order valence-corrected chi connectivity index (χ2v) is 9.88. The van der Waals surface area contributed by atoms with Crippen LogP contribution in [-0.2, 0) is 8.85 Å². The third-order valence-electron chi connectivity index (χ3n) is 5.69. The van der Waals surface area contributed by atoms with E-state index in [0.717, 1.165) is 5.92 Å². The Morgan fingerprint density at radius 1 is 0.955 bits per heavy atom. The molecule has 0 spiro atoms. The normalized spacial score (nSPS) is 30.0. The molecule has 1 saturated carbocycles. The van der Waals surface area contributed by atoms with Gasteiger partial charge in [-0.25, -0.2) is 0 Å². The SMILES string of the molecule is CO[Si](OC)(c1ccccc1)N1C(C)CCC2CCCCC21. The van der Waals surface area contributed by atoms with Gasteiger partial charge in [0.25, 0.3) is 0 Å². The van der Waals surface area contributed by atoms with E-state index in [4.69, 9.17) is 8.85 Å². The molecule has 3 nitrogen and oxygen atoms in total. The van der Waals surface area contributed by atoms with E-state index in [1.165, 1.54) is 43.7 Å². The zero-order valence-electron chi connectivity index (χ0n) is 14.1. The van der Waals surface area contributed by atoms with Crippen LogP contribution in [0.5, 0.6) is 0 Å². The number of hydrogen-bond acceptors (Lipinski definition) is 3.